The molecular weight excluding hydrogens is 690 g/mol. The maximum atomic E-state index is 13.5. The second kappa shape index (κ2) is 26.9. The number of nitrogens with zero attached hydrogens (tertiary/aromatic N) is 6. The van der Waals surface area contributed by atoms with Gasteiger partial charge in [0.25, 0.3) is 0 Å². The molecule has 1 heterocycles. The number of rotatable bonds is 27. The van der Waals surface area contributed by atoms with Gasteiger partial charge in [0.2, 0.25) is 0 Å². The lowest BCUT2D eigenvalue weighted by atomic mass is 10.2. The van der Waals surface area contributed by atoms with Gasteiger partial charge in [0.05, 0.1) is 0 Å². The number of amides is 6. The second-order valence-electron chi connectivity index (χ2n) is 14.9. The topological polar surface area (TPSA) is 163 Å². The van der Waals surface area contributed by atoms with E-state index in [2.05, 4.69) is 16.0 Å². The van der Waals surface area contributed by atoms with E-state index in [0.717, 1.165) is 57.8 Å². The van der Waals surface area contributed by atoms with Crippen molar-refractivity contribution in [2.24, 2.45) is 0 Å². The van der Waals surface area contributed by atoms with Gasteiger partial charge in [-0.1, -0.05) is 38.5 Å². The summed E-state index contributed by atoms with van der Waals surface area (Å²) in [5.41, 5.74) is -1.71. The SMILES string of the molecule is CCN(C(=O)NCCCCCCn1c(=O)n(CCCCCCNC(=O)N(CC)C(C)C)c(=O)n(CCCCCCNC(=O)N(CC)C(C)C)c1=O)C(C)C. The van der Waals surface area contributed by atoms with Gasteiger partial charge in [0.1, 0.15) is 0 Å². The van der Waals surface area contributed by atoms with Crippen LogP contribution in [0.25, 0.3) is 0 Å². The van der Waals surface area contributed by atoms with Crippen LogP contribution in [-0.4, -0.2) is 104 Å². The molecule has 0 bridgehead atoms. The summed E-state index contributed by atoms with van der Waals surface area (Å²) in [6.45, 7) is 22.0. The van der Waals surface area contributed by atoms with Gasteiger partial charge < -0.3 is 30.7 Å². The Morgan fingerprint density at radius 3 is 0.852 bits per heavy atom. The number of hydrogen-bond donors (Lipinski definition) is 3. The van der Waals surface area contributed by atoms with Crippen molar-refractivity contribution in [2.45, 2.75) is 177 Å². The van der Waals surface area contributed by atoms with Crippen LogP contribution < -0.4 is 33.0 Å². The van der Waals surface area contributed by atoms with Crippen molar-refractivity contribution in [3.8, 4) is 0 Å². The summed E-state index contributed by atoms with van der Waals surface area (Å²) in [5.74, 6) is 0. The molecule has 0 saturated heterocycles. The first-order chi connectivity index (χ1) is 25.7. The Morgan fingerprint density at radius 2 is 0.648 bits per heavy atom. The van der Waals surface area contributed by atoms with Crippen LogP contribution in [0.15, 0.2) is 14.4 Å². The molecule has 0 unspecified atom stereocenters. The number of hydrogen-bond acceptors (Lipinski definition) is 6. The van der Waals surface area contributed by atoms with Gasteiger partial charge in [-0.25, -0.2) is 42.5 Å². The fraction of sp³-hybridized carbons (Fsp3) is 0.846. The van der Waals surface area contributed by atoms with E-state index in [-0.39, 0.29) is 55.9 Å². The van der Waals surface area contributed by atoms with E-state index < -0.39 is 17.1 Å². The molecule has 1 aromatic heterocycles. The van der Waals surface area contributed by atoms with Crippen molar-refractivity contribution in [3.63, 3.8) is 0 Å². The highest BCUT2D eigenvalue weighted by atomic mass is 16.2. The zero-order valence-corrected chi connectivity index (χ0v) is 35.2. The molecule has 0 fully saturated rings. The van der Waals surface area contributed by atoms with Gasteiger partial charge in [-0.2, -0.15) is 0 Å². The smallest absolute Gasteiger partial charge is 0.336 e. The summed E-state index contributed by atoms with van der Waals surface area (Å²) in [4.78, 5) is 83.0. The molecule has 54 heavy (non-hydrogen) atoms. The van der Waals surface area contributed by atoms with Crippen LogP contribution in [0.5, 0.6) is 0 Å². The molecule has 0 radical (unpaired) electrons. The number of carbonyl (C=O) groups is 3. The Hall–Kier alpha value is -3.78. The molecule has 0 aliphatic rings. The van der Waals surface area contributed by atoms with E-state index in [1.807, 2.05) is 62.3 Å². The van der Waals surface area contributed by atoms with Crippen LogP contribution in [0, 0.1) is 0 Å². The molecule has 6 amide bonds. The third-order valence-electron chi connectivity index (χ3n) is 9.81. The Morgan fingerprint density at radius 1 is 0.426 bits per heavy atom. The quantitative estimate of drug-likeness (QED) is 0.105. The van der Waals surface area contributed by atoms with Crippen LogP contribution >= 0.6 is 0 Å². The van der Waals surface area contributed by atoms with Crippen molar-refractivity contribution in [1.82, 2.24) is 44.4 Å². The van der Waals surface area contributed by atoms with Gasteiger partial charge in [-0.05, 0) is 101 Å². The van der Waals surface area contributed by atoms with Gasteiger partial charge in [-0.15, -0.1) is 0 Å². The summed E-state index contributed by atoms with van der Waals surface area (Å²) >= 11 is 0. The molecular formula is C39H75N9O6. The summed E-state index contributed by atoms with van der Waals surface area (Å²) in [6, 6.07) is 0.161. The highest BCUT2D eigenvalue weighted by Crippen LogP contribution is 2.05. The first-order valence-corrected chi connectivity index (χ1v) is 20.8. The predicted octanol–water partition coefficient (Wildman–Crippen LogP) is 5.17. The molecule has 312 valence electrons. The standard InChI is InChI=1S/C39H75N9O6/c1-10-43(31(4)5)34(49)40-25-19-13-16-22-28-46-37(52)47(29-23-17-14-20-26-41-35(50)44(11-2)32(6)7)39(54)48(38(46)53)30-24-18-15-21-27-42-36(51)45(12-3)33(8)9/h31-33H,10-30H2,1-9H3,(H,40,49)(H,41,50)(H,42,51). The number of urea groups is 3. The van der Waals surface area contributed by atoms with Gasteiger partial charge in [-0.3, -0.25) is 0 Å². The number of unbranched alkanes of at least 4 members (excludes halogenated alkanes) is 9. The minimum atomic E-state index is -0.569. The molecule has 3 N–H and O–H groups in total. The van der Waals surface area contributed by atoms with Crippen LogP contribution in [0.3, 0.4) is 0 Å². The lowest BCUT2D eigenvalue weighted by Gasteiger charge is -2.25. The zero-order valence-electron chi connectivity index (χ0n) is 35.2. The minimum absolute atomic E-state index is 0.0738. The lowest BCUT2D eigenvalue weighted by molar-refractivity contribution is 0.186. The molecule has 0 saturated carbocycles. The summed E-state index contributed by atoms with van der Waals surface area (Å²) in [6.07, 6.45) is 8.99. The van der Waals surface area contributed by atoms with E-state index in [0.29, 0.717) is 58.5 Å². The zero-order chi connectivity index (χ0) is 40.6. The Balaban J connectivity index is 2.83. The molecule has 0 spiro atoms. The predicted molar refractivity (Wildman–Crippen MR) is 217 cm³/mol. The maximum absolute atomic E-state index is 13.5. The van der Waals surface area contributed by atoms with Crippen LogP contribution in [-0.2, 0) is 19.6 Å². The molecule has 15 heteroatoms. The van der Waals surface area contributed by atoms with E-state index >= 15 is 0 Å². The largest absolute Gasteiger partial charge is 0.338 e. The van der Waals surface area contributed by atoms with Crippen molar-refractivity contribution < 1.29 is 14.4 Å². The molecule has 15 nitrogen and oxygen atoms in total. The molecule has 0 atom stereocenters. The third-order valence-corrected chi connectivity index (χ3v) is 9.81. The normalized spacial score (nSPS) is 11.3. The molecule has 1 rings (SSSR count). The maximum Gasteiger partial charge on any atom is 0.336 e. The highest BCUT2D eigenvalue weighted by molar-refractivity contribution is 5.75. The van der Waals surface area contributed by atoms with Crippen LogP contribution in [0.2, 0.25) is 0 Å². The van der Waals surface area contributed by atoms with Crippen molar-refractivity contribution in [3.05, 3.63) is 31.5 Å². The van der Waals surface area contributed by atoms with Gasteiger partial charge >= 0.3 is 35.2 Å². The molecule has 1 aromatic rings. The van der Waals surface area contributed by atoms with Crippen molar-refractivity contribution >= 4 is 18.1 Å². The molecule has 0 aromatic carbocycles. The van der Waals surface area contributed by atoms with E-state index in [1.165, 1.54) is 13.7 Å². The monoisotopic (exact) mass is 766 g/mol. The molecule has 0 aliphatic carbocycles. The van der Waals surface area contributed by atoms with Gasteiger partial charge in [0, 0.05) is 77.0 Å². The fourth-order valence-corrected chi connectivity index (χ4v) is 6.62. The Kier molecular flexibility index (Phi) is 24.0. The summed E-state index contributed by atoms with van der Waals surface area (Å²) in [7, 11) is 0. The van der Waals surface area contributed by atoms with Crippen molar-refractivity contribution in [1.29, 1.82) is 0 Å². The number of aromatic nitrogens is 3. The average Bonchev–Trinajstić information content (AvgIpc) is 3.11. The van der Waals surface area contributed by atoms with E-state index in [9.17, 15) is 28.8 Å². The third kappa shape index (κ3) is 16.7. The number of nitrogens with one attached hydrogen (secondary N) is 3. The average molecular weight is 766 g/mol. The fourth-order valence-electron chi connectivity index (χ4n) is 6.62. The summed E-state index contributed by atoms with van der Waals surface area (Å²) < 4.78 is 3.62. The lowest BCUT2D eigenvalue weighted by Crippen LogP contribution is -2.54. The number of carbonyl (C=O) groups excluding carboxylic acids is 3. The van der Waals surface area contributed by atoms with Gasteiger partial charge in [0.15, 0.2) is 0 Å². The Bertz CT molecular complexity index is 1220. The molecule has 0 aliphatic heterocycles. The first kappa shape index (κ1) is 48.2. The van der Waals surface area contributed by atoms with E-state index in [1.54, 1.807) is 14.7 Å². The van der Waals surface area contributed by atoms with Crippen LogP contribution in [0.4, 0.5) is 14.4 Å². The Labute approximate surface area is 324 Å². The highest BCUT2D eigenvalue weighted by Gasteiger charge is 2.17. The first-order valence-electron chi connectivity index (χ1n) is 20.8. The second-order valence-corrected chi connectivity index (χ2v) is 14.9. The van der Waals surface area contributed by atoms with E-state index in [4.69, 9.17) is 0 Å². The van der Waals surface area contributed by atoms with Crippen molar-refractivity contribution in [2.75, 3.05) is 39.3 Å². The minimum Gasteiger partial charge on any atom is -0.338 e. The van der Waals surface area contributed by atoms with Crippen LogP contribution in [0.1, 0.15) is 139 Å². The summed E-state index contributed by atoms with van der Waals surface area (Å²) in [5, 5.41) is 8.89.